The minimum absolute atomic E-state index is 0.0421. The second kappa shape index (κ2) is 12.0. The van der Waals surface area contributed by atoms with Gasteiger partial charge in [-0.15, -0.1) is 0 Å². The lowest BCUT2D eigenvalue weighted by atomic mass is 10.2. The van der Waals surface area contributed by atoms with Crippen LogP contribution >= 0.6 is 0 Å². The molecule has 0 aliphatic heterocycles. The molecule has 0 spiro atoms. The molecule has 0 bridgehead atoms. The third-order valence-corrected chi connectivity index (χ3v) is 3.44. The Bertz CT molecular complexity index is 628. The Morgan fingerprint density at radius 3 is 2.32 bits per heavy atom. The van der Waals surface area contributed by atoms with Gasteiger partial charge in [0, 0.05) is 13.5 Å². The summed E-state index contributed by atoms with van der Waals surface area (Å²) in [6.45, 7) is 7.74. The number of benzene rings is 1. The summed E-state index contributed by atoms with van der Waals surface area (Å²) in [5, 5.41) is 6.36. The van der Waals surface area contributed by atoms with E-state index in [1.807, 2.05) is 30.3 Å². The lowest BCUT2D eigenvalue weighted by molar-refractivity contribution is -0.156. The van der Waals surface area contributed by atoms with Gasteiger partial charge in [-0.05, 0) is 39.2 Å². The van der Waals surface area contributed by atoms with E-state index >= 15 is 0 Å². The molecular formula is C20H31N3O5. The van der Waals surface area contributed by atoms with Crippen LogP contribution in [0.2, 0.25) is 0 Å². The first-order valence-electron chi connectivity index (χ1n) is 9.36. The molecule has 156 valence electrons. The minimum Gasteiger partial charge on any atom is -0.442 e. The first-order chi connectivity index (χ1) is 13.2. The maximum atomic E-state index is 12.4. The molecule has 3 amide bonds. The quantitative estimate of drug-likeness (QED) is 0.470. The SMILES string of the molecule is CC(=O)NCC(=O)NCCCCN(OCc1ccccc1)C(=O)OC(C)(C)C. The molecule has 0 saturated heterocycles. The standard InChI is InChI=1S/C20H31N3O5/c1-16(24)22-14-18(25)21-12-8-9-13-23(19(26)28-20(2,3)4)27-15-17-10-6-5-7-11-17/h5-7,10-11H,8-9,12-15H2,1-4H3,(H,21,25)(H,22,24). The van der Waals surface area contributed by atoms with E-state index in [0.29, 0.717) is 25.9 Å². The van der Waals surface area contributed by atoms with Crippen molar-refractivity contribution in [2.45, 2.75) is 52.7 Å². The summed E-state index contributed by atoms with van der Waals surface area (Å²) in [5.41, 5.74) is 0.324. The van der Waals surface area contributed by atoms with Crippen LogP contribution in [-0.4, -0.2) is 48.2 Å². The van der Waals surface area contributed by atoms with E-state index < -0.39 is 11.7 Å². The number of carbonyl (C=O) groups excluding carboxylic acids is 3. The van der Waals surface area contributed by atoms with E-state index in [-0.39, 0.29) is 25.0 Å². The molecule has 0 aliphatic carbocycles. The van der Waals surface area contributed by atoms with Crippen molar-refractivity contribution in [3.8, 4) is 0 Å². The van der Waals surface area contributed by atoms with E-state index in [2.05, 4.69) is 10.6 Å². The minimum atomic E-state index is -0.622. The Balaban J connectivity index is 2.43. The van der Waals surface area contributed by atoms with Gasteiger partial charge in [-0.3, -0.25) is 14.4 Å². The molecular weight excluding hydrogens is 362 g/mol. The Morgan fingerprint density at radius 1 is 1.04 bits per heavy atom. The average molecular weight is 393 g/mol. The summed E-state index contributed by atoms with van der Waals surface area (Å²) >= 11 is 0. The Hall–Kier alpha value is -2.61. The van der Waals surface area contributed by atoms with Crippen LogP contribution in [0.25, 0.3) is 0 Å². The van der Waals surface area contributed by atoms with E-state index in [9.17, 15) is 14.4 Å². The van der Waals surface area contributed by atoms with Crippen LogP contribution in [0.4, 0.5) is 4.79 Å². The number of unbranched alkanes of at least 4 members (excludes halogenated alkanes) is 1. The third kappa shape index (κ3) is 11.2. The zero-order valence-electron chi connectivity index (χ0n) is 17.1. The average Bonchev–Trinajstić information content (AvgIpc) is 2.61. The molecule has 0 fully saturated rings. The predicted molar refractivity (Wildman–Crippen MR) is 105 cm³/mol. The van der Waals surface area contributed by atoms with Crippen molar-refractivity contribution < 1.29 is 24.0 Å². The van der Waals surface area contributed by atoms with Crippen LogP contribution in [0.15, 0.2) is 30.3 Å². The van der Waals surface area contributed by atoms with Crippen molar-refractivity contribution in [2.75, 3.05) is 19.6 Å². The normalized spacial score (nSPS) is 10.9. The molecule has 0 heterocycles. The molecule has 2 N–H and O–H groups in total. The lowest BCUT2D eigenvalue weighted by Gasteiger charge is -2.26. The van der Waals surface area contributed by atoms with Gasteiger partial charge in [0.05, 0.1) is 13.1 Å². The summed E-state index contributed by atoms with van der Waals surface area (Å²) in [7, 11) is 0. The fourth-order valence-electron chi connectivity index (χ4n) is 2.12. The van der Waals surface area contributed by atoms with Crippen molar-refractivity contribution in [1.82, 2.24) is 15.7 Å². The van der Waals surface area contributed by atoms with Crippen molar-refractivity contribution in [2.24, 2.45) is 0 Å². The molecule has 8 heteroatoms. The zero-order chi connectivity index (χ0) is 21.0. The van der Waals surface area contributed by atoms with E-state index in [4.69, 9.17) is 9.57 Å². The van der Waals surface area contributed by atoms with Crippen LogP contribution in [0.5, 0.6) is 0 Å². The van der Waals surface area contributed by atoms with Crippen LogP contribution in [-0.2, 0) is 25.8 Å². The van der Waals surface area contributed by atoms with Crippen molar-refractivity contribution in [3.05, 3.63) is 35.9 Å². The number of hydroxylamine groups is 2. The van der Waals surface area contributed by atoms with Crippen LogP contribution < -0.4 is 10.6 Å². The second-order valence-electron chi connectivity index (χ2n) is 7.31. The van der Waals surface area contributed by atoms with Crippen molar-refractivity contribution in [1.29, 1.82) is 0 Å². The molecule has 1 aromatic rings. The Kier molecular flexibility index (Phi) is 10.0. The highest BCUT2D eigenvalue weighted by Gasteiger charge is 2.22. The molecule has 0 unspecified atom stereocenters. The molecule has 0 aliphatic rings. The highest BCUT2D eigenvalue weighted by molar-refractivity contribution is 5.83. The number of hydrogen-bond acceptors (Lipinski definition) is 5. The number of carbonyl (C=O) groups is 3. The number of nitrogens with zero attached hydrogens (tertiary/aromatic N) is 1. The van der Waals surface area contributed by atoms with Gasteiger partial charge < -0.3 is 15.4 Å². The maximum absolute atomic E-state index is 12.4. The van der Waals surface area contributed by atoms with Crippen LogP contribution in [0.1, 0.15) is 46.1 Å². The van der Waals surface area contributed by atoms with Gasteiger partial charge in [-0.25, -0.2) is 4.79 Å². The number of rotatable bonds is 10. The van der Waals surface area contributed by atoms with Crippen molar-refractivity contribution in [3.63, 3.8) is 0 Å². The molecule has 8 nitrogen and oxygen atoms in total. The molecule has 1 aromatic carbocycles. The van der Waals surface area contributed by atoms with E-state index in [1.54, 1.807) is 20.8 Å². The Morgan fingerprint density at radius 2 is 1.71 bits per heavy atom. The first kappa shape index (κ1) is 23.4. The first-order valence-corrected chi connectivity index (χ1v) is 9.36. The maximum Gasteiger partial charge on any atom is 0.434 e. The molecule has 0 radical (unpaired) electrons. The topological polar surface area (TPSA) is 97.0 Å². The molecule has 0 aromatic heterocycles. The number of hydrogen-bond donors (Lipinski definition) is 2. The number of nitrogens with one attached hydrogen (secondary N) is 2. The second-order valence-corrected chi connectivity index (χ2v) is 7.31. The molecule has 1 rings (SSSR count). The lowest BCUT2D eigenvalue weighted by Crippen LogP contribution is -2.38. The van der Waals surface area contributed by atoms with Crippen LogP contribution in [0, 0.1) is 0 Å². The molecule has 28 heavy (non-hydrogen) atoms. The predicted octanol–water partition coefficient (Wildman–Crippen LogP) is 2.39. The molecule has 0 saturated carbocycles. The summed E-state index contributed by atoms with van der Waals surface area (Å²) in [4.78, 5) is 40.3. The van der Waals surface area contributed by atoms with Gasteiger partial charge in [0.15, 0.2) is 0 Å². The zero-order valence-corrected chi connectivity index (χ0v) is 17.1. The third-order valence-electron chi connectivity index (χ3n) is 3.44. The van der Waals surface area contributed by atoms with Crippen LogP contribution in [0.3, 0.4) is 0 Å². The van der Waals surface area contributed by atoms with E-state index in [1.165, 1.54) is 12.0 Å². The fourth-order valence-corrected chi connectivity index (χ4v) is 2.12. The van der Waals surface area contributed by atoms with Crippen molar-refractivity contribution >= 4 is 17.9 Å². The van der Waals surface area contributed by atoms with Gasteiger partial charge in [-0.1, -0.05) is 30.3 Å². The largest absolute Gasteiger partial charge is 0.442 e. The summed E-state index contributed by atoms with van der Waals surface area (Å²) in [6.07, 6.45) is 0.729. The van der Waals surface area contributed by atoms with Gasteiger partial charge >= 0.3 is 6.09 Å². The summed E-state index contributed by atoms with van der Waals surface area (Å²) in [6, 6.07) is 9.55. The highest BCUT2D eigenvalue weighted by atomic mass is 16.7. The molecule has 0 atom stereocenters. The fraction of sp³-hybridized carbons (Fsp3) is 0.550. The van der Waals surface area contributed by atoms with E-state index in [0.717, 1.165) is 5.56 Å². The van der Waals surface area contributed by atoms with Gasteiger partial charge in [0.1, 0.15) is 12.2 Å². The number of ether oxygens (including phenoxy) is 1. The monoisotopic (exact) mass is 393 g/mol. The highest BCUT2D eigenvalue weighted by Crippen LogP contribution is 2.12. The summed E-state index contributed by atoms with van der Waals surface area (Å²) < 4.78 is 5.39. The smallest absolute Gasteiger partial charge is 0.434 e. The Labute approximate surface area is 166 Å². The van der Waals surface area contributed by atoms with Gasteiger partial charge in [-0.2, -0.15) is 5.06 Å². The summed E-state index contributed by atoms with van der Waals surface area (Å²) in [5.74, 6) is -0.502. The van der Waals surface area contributed by atoms with Gasteiger partial charge in [0.2, 0.25) is 11.8 Å². The van der Waals surface area contributed by atoms with Gasteiger partial charge in [0.25, 0.3) is 0 Å². The number of amides is 3.